The van der Waals surface area contributed by atoms with Crippen molar-refractivity contribution in [3.05, 3.63) is 35.4 Å². The zero-order valence-electron chi connectivity index (χ0n) is 8.58. The molecule has 0 amide bonds. The van der Waals surface area contributed by atoms with Gasteiger partial charge in [-0.15, -0.1) is 0 Å². The van der Waals surface area contributed by atoms with Crippen molar-refractivity contribution in [2.24, 2.45) is 0 Å². The minimum atomic E-state index is 0.115. The van der Waals surface area contributed by atoms with E-state index in [1.165, 1.54) is 0 Å². The zero-order chi connectivity index (χ0) is 11.1. The van der Waals surface area contributed by atoms with Gasteiger partial charge in [0.05, 0.1) is 12.5 Å². The zero-order valence-corrected chi connectivity index (χ0v) is 8.58. The Morgan fingerprint density at radius 3 is 2.80 bits per heavy atom. The molecule has 0 N–H and O–H groups in total. The Bertz CT molecular complexity index is 457. The second kappa shape index (κ2) is 5.62. The van der Waals surface area contributed by atoms with Gasteiger partial charge in [0, 0.05) is 12.0 Å². The van der Waals surface area contributed by atoms with Gasteiger partial charge < -0.3 is 0 Å². The van der Waals surface area contributed by atoms with E-state index in [1.54, 1.807) is 6.92 Å². The van der Waals surface area contributed by atoms with Crippen LogP contribution >= 0.6 is 0 Å². The number of carbonyl (C=O) groups excluding carboxylic acids is 1. The third kappa shape index (κ3) is 3.67. The number of ketones is 1. The van der Waals surface area contributed by atoms with Crippen molar-refractivity contribution < 1.29 is 4.79 Å². The number of Topliss-reactive ketones (excluding diaryl/α,β-unsaturated/α-hetero) is 1. The Morgan fingerprint density at radius 1 is 1.40 bits per heavy atom. The molecule has 0 bridgehead atoms. The average Bonchev–Trinajstić information content (AvgIpc) is 2.20. The van der Waals surface area contributed by atoms with Gasteiger partial charge >= 0.3 is 0 Å². The highest BCUT2D eigenvalue weighted by molar-refractivity contribution is 5.78. The number of carbonyl (C=O) groups is 1. The highest BCUT2D eigenvalue weighted by Gasteiger charge is 2.01. The lowest BCUT2D eigenvalue weighted by Crippen LogP contribution is -1.98. The van der Waals surface area contributed by atoms with E-state index in [4.69, 9.17) is 5.26 Å². The molecule has 0 fully saturated rings. The van der Waals surface area contributed by atoms with E-state index in [0.29, 0.717) is 6.42 Å². The number of nitriles is 1. The van der Waals surface area contributed by atoms with Gasteiger partial charge in [0.25, 0.3) is 0 Å². The van der Waals surface area contributed by atoms with Gasteiger partial charge in [-0.25, -0.2) is 0 Å². The van der Waals surface area contributed by atoms with Crippen LogP contribution in [0.3, 0.4) is 0 Å². The molecule has 0 aliphatic rings. The van der Waals surface area contributed by atoms with Crippen LogP contribution in [-0.2, 0) is 11.2 Å². The molecule has 0 saturated heterocycles. The van der Waals surface area contributed by atoms with Gasteiger partial charge in [0.2, 0.25) is 0 Å². The Labute approximate surface area is 89.5 Å². The smallest absolute Gasteiger partial charge is 0.134 e. The molecule has 0 aliphatic heterocycles. The van der Waals surface area contributed by atoms with Crippen molar-refractivity contribution in [1.82, 2.24) is 0 Å². The molecule has 0 aromatic heterocycles. The molecule has 1 aromatic rings. The SMILES string of the molecule is CC(=O)Cc1ccccc1C#CCC#N. The van der Waals surface area contributed by atoms with Crippen molar-refractivity contribution >= 4 is 5.78 Å². The maximum absolute atomic E-state index is 11.0. The third-order valence-electron chi connectivity index (χ3n) is 1.85. The quantitative estimate of drug-likeness (QED) is 0.681. The summed E-state index contributed by atoms with van der Waals surface area (Å²) in [5.74, 6) is 5.75. The molecule has 15 heavy (non-hydrogen) atoms. The molecule has 0 heterocycles. The summed E-state index contributed by atoms with van der Waals surface area (Å²) >= 11 is 0. The van der Waals surface area contributed by atoms with Crippen molar-refractivity contribution in [2.75, 3.05) is 0 Å². The summed E-state index contributed by atoms with van der Waals surface area (Å²) in [6.07, 6.45) is 0.617. The molecule has 0 aliphatic carbocycles. The second-order valence-corrected chi connectivity index (χ2v) is 3.17. The largest absolute Gasteiger partial charge is 0.300 e. The van der Waals surface area contributed by atoms with Crippen LogP contribution < -0.4 is 0 Å². The molecule has 0 spiro atoms. The van der Waals surface area contributed by atoms with E-state index in [9.17, 15) is 4.79 Å². The van der Waals surface area contributed by atoms with Crippen molar-refractivity contribution in [3.63, 3.8) is 0 Å². The normalized spacial score (nSPS) is 8.53. The van der Waals surface area contributed by atoms with Gasteiger partial charge in [0.1, 0.15) is 5.78 Å². The van der Waals surface area contributed by atoms with Crippen molar-refractivity contribution in [1.29, 1.82) is 5.26 Å². The predicted octanol–water partition coefficient (Wildman–Crippen LogP) is 2.08. The standard InChI is InChI=1S/C13H11NO/c1-11(15)10-13-8-3-2-6-12(13)7-4-5-9-14/h2-3,6,8H,5,10H2,1H3. The first kappa shape index (κ1) is 11.0. The number of nitrogens with zero attached hydrogens (tertiary/aromatic N) is 1. The van der Waals surface area contributed by atoms with Crippen LogP contribution in [-0.4, -0.2) is 5.78 Å². The molecule has 1 aromatic carbocycles. The number of rotatable bonds is 2. The summed E-state index contributed by atoms with van der Waals surface area (Å²) in [7, 11) is 0. The molecule has 2 nitrogen and oxygen atoms in total. The van der Waals surface area contributed by atoms with Gasteiger partial charge in [-0.1, -0.05) is 30.0 Å². The van der Waals surface area contributed by atoms with E-state index in [2.05, 4.69) is 11.8 Å². The molecule has 0 unspecified atom stereocenters. The van der Waals surface area contributed by atoms with Crippen LogP contribution in [0.2, 0.25) is 0 Å². The van der Waals surface area contributed by atoms with E-state index in [0.717, 1.165) is 11.1 Å². The topological polar surface area (TPSA) is 40.9 Å². The Balaban J connectivity index is 2.93. The van der Waals surface area contributed by atoms with Crippen molar-refractivity contribution in [3.8, 4) is 17.9 Å². The molecule has 0 atom stereocenters. The first-order valence-corrected chi connectivity index (χ1v) is 4.67. The summed E-state index contributed by atoms with van der Waals surface area (Å²) in [6, 6.07) is 9.47. The summed E-state index contributed by atoms with van der Waals surface area (Å²) in [5.41, 5.74) is 1.76. The number of benzene rings is 1. The second-order valence-electron chi connectivity index (χ2n) is 3.17. The lowest BCUT2D eigenvalue weighted by Gasteiger charge is -2.00. The average molecular weight is 197 g/mol. The summed E-state index contributed by atoms with van der Waals surface area (Å²) in [4.78, 5) is 11.0. The first-order valence-electron chi connectivity index (χ1n) is 4.67. The van der Waals surface area contributed by atoms with Crippen LogP contribution in [0, 0.1) is 23.2 Å². The molecular formula is C13H11NO. The minimum Gasteiger partial charge on any atom is -0.300 e. The maximum Gasteiger partial charge on any atom is 0.134 e. The maximum atomic E-state index is 11.0. The molecule has 0 saturated carbocycles. The van der Waals surface area contributed by atoms with Crippen LogP contribution in [0.5, 0.6) is 0 Å². The Morgan fingerprint density at radius 2 is 2.13 bits per heavy atom. The van der Waals surface area contributed by atoms with E-state index < -0.39 is 0 Å². The lowest BCUT2D eigenvalue weighted by atomic mass is 10.0. The molecule has 2 heteroatoms. The molecule has 1 rings (SSSR count). The van der Waals surface area contributed by atoms with Crippen LogP contribution in [0.1, 0.15) is 24.5 Å². The summed E-state index contributed by atoms with van der Waals surface area (Å²) in [5, 5.41) is 8.35. The predicted molar refractivity (Wildman–Crippen MR) is 57.9 cm³/mol. The minimum absolute atomic E-state index is 0.115. The van der Waals surface area contributed by atoms with Gasteiger partial charge in [-0.05, 0) is 18.6 Å². The molecular weight excluding hydrogens is 186 g/mol. The fourth-order valence-corrected chi connectivity index (χ4v) is 1.24. The van der Waals surface area contributed by atoms with Gasteiger partial charge in [-0.2, -0.15) is 5.26 Å². The summed E-state index contributed by atoms with van der Waals surface area (Å²) in [6.45, 7) is 1.56. The van der Waals surface area contributed by atoms with Crippen LogP contribution in [0.4, 0.5) is 0 Å². The van der Waals surface area contributed by atoms with Crippen molar-refractivity contribution in [2.45, 2.75) is 19.8 Å². The first-order chi connectivity index (χ1) is 7.24. The molecule has 74 valence electrons. The van der Waals surface area contributed by atoms with Crippen LogP contribution in [0.25, 0.3) is 0 Å². The number of hydrogen-bond acceptors (Lipinski definition) is 2. The Hall–Kier alpha value is -2.06. The lowest BCUT2D eigenvalue weighted by molar-refractivity contribution is -0.116. The van der Waals surface area contributed by atoms with Crippen LogP contribution in [0.15, 0.2) is 24.3 Å². The monoisotopic (exact) mass is 197 g/mol. The number of hydrogen-bond donors (Lipinski definition) is 0. The van der Waals surface area contributed by atoms with E-state index in [-0.39, 0.29) is 12.2 Å². The van der Waals surface area contributed by atoms with Gasteiger partial charge in [0.15, 0.2) is 0 Å². The van der Waals surface area contributed by atoms with E-state index in [1.807, 2.05) is 30.3 Å². The third-order valence-corrected chi connectivity index (χ3v) is 1.85. The Kier molecular flexibility index (Phi) is 4.13. The highest BCUT2D eigenvalue weighted by Crippen LogP contribution is 2.08. The summed E-state index contributed by atoms with van der Waals surface area (Å²) < 4.78 is 0. The molecule has 0 radical (unpaired) electrons. The van der Waals surface area contributed by atoms with Gasteiger partial charge in [-0.3, -0.25) is 4.79 Å². The fraction of sp³-hybridized carbons (Fsp3) is 0.231. The fourth-order valence-electron chi connectivity index (χ4n) is 1.24. The highest BCUT2D eigenvalue weighted by atomic mass is 16.1. The van der Waals surface area contributed by atoms with E-state index >= 15 is 0 Å².